The number of nitrogens with zero attached hydrogens (tertiary/aromatic N) is 1. The van der Waals surface area contributed by atoms with Gasteiger partial charge in [0.05, 0.1) is 16.6 Å². The van der Waals surface area contributed by atoms with E-state index in [4.69, 9.17) is 28.9 Å². The molecule has 1 aliphatic rings. The number of Topliss-reactive ketones (excluding diaryl/α,β-unsaturated/α-hetero) is 1. The van der Waals surface area contributed by atoms with E-state index in [2.05, 4.69) is 5.32 Å². The monoisotopic (exact) mass is 385 g/mol. The first-order valence-electron chi connectivity index (χ1n) is 7.62. The van der Waals surface area contributed by atoms with Gasteiger partial charge in [0, 0.05) is 13.1 Å². The van der Waals surface area contributed by atoms with E-state index in [1.807, 2.05) is 6.07 Å². The van der Waals surface area contributed by atoms with Gasteiger partial charge in [-0.25, -0.2) is 0 Å². The summed E-state index contributed by atoms with van der Waals surface area (Å²) in [7, 11) is 0. The third-order valence-electron chi connectivity index (χ3n) is 3.81. The molecule has 0 bridgehead atoms. The van der Waals surface area contributed by atoms with Gasteiger partial charge < -0.3 is 16.0 Å². The first-order valence-corrected chi connectivity index (χ1v) is 8.38. The number of halogens is 2. The maximum atomic E-state index is 12.1. The van der Waals surface area contributed by atoms with Gasteiger partial charge in [-0.15, -0.1) is 0 Å². The van der Waals surface area contributed by atoms with Crippen molar-refractivity contribution in [1.29, 1.82) is 0 Å². The minimum Gasteiger partial charge on any atom is -0.368 e. The van der Waals surface area contributed by atoms with Crippen LogP contribution in [0.3, 0.4) is 0 Å². The molecule has 1 aromatic rings. The summed E-state index contributed by atoms with van der Waals surface area (Å²) in [4.78, 5) is 47.5. The Morgan fingerprint density at radius 1 is 1.24 bits per heavy atom. The summed E-state index contributed by atoms with van der Waals surface area (Å²) in [5, 5.41) is 3.57. The van der Waals surface area contributed by atoms with Gasteiger partial charge in [-0.05, 0) is 30.5 Å². The van der Waals surface area contributed by atoms with Crippen LogP contribution in [0.2, 0.25) is 10.0 Å². The van der Waals surface area contributed by atoms with Crippen molar-refractivity contribution >= 4 is 46.7 Å². The largest absolute Gasteiger partial charge is 0.368 e. The summed E-state index contributed by atoms with van der Waals surface area (Å²) in [5.41, 5.74) is 5.99. The maximum absolute atomic E-state index is 12.1. The van der Waals surface area contributed by atoms with Gasteiger partial charge in [-0.2, -0.15) is 0 Å². The van der Waals surface area contributed by atoms with Crippen molar-refractivity contribution < 1.29 is 19.2 Å². The molecule has 0 aromatic heterocycles. The average molecular weight is 386 g/mol. The lowest BCUT2D eigenvalue weighted by molar-refractivity contribution is -0.143. The summed E-state index contributed by atoms with van der Waals surface area (Å²) >= 11 is 11.8. The van der Waals surface area contributed by atoms with E-state index in [9.17, 15) is 19.2 Å². The zero-order chi connectivity index (χ0) is 18.6. The van der Waals surface area contributed by atoms with Gasteiger partial charge in [-0.3, -0.25) is 19.2 Å². The van der Waals surface area contributed by atoms with Crippen LogP contribution in [0, 0.1) is 5.92 Å². The number of nitrogens with one attached hydrogen (secondary N) is 1. The van der Waals surface area contributed by atoms with Gasteiger partial charge in [-0.1, -0.05) is 29.3 Å². The topological polar surface area (TPSA) is 110 Å². The van der Waals surface area contributed by atoms with Crippen molar-refractivity contribution in [3.63, 3.8) is 0 Å². The molecule has 2 rings (SSSR count). The number of nitrogens with two attached hydrogens (primary N) is 1. The fourth-order valence-electron chi connectivity index (χ4n) is 2.54. The van der Waals surface area contributed by atoms with E-state index in [1.54, 1.807) is 12.1 Å². The molecule has 1 heterocycles. The molecule has 1 saturated heterocycles. The van der Waals surface area contributed by atoms with Crippen LogP contribution in [0.5, 0.6) is 0 Å². The highest BCUT2D eigenvalue weighted by Crippen LogP contribution is 2.23. The summed E-state index contributed by atoms with van der Waals surface area (Å²) in [6, 6.07) is 5.30. The molecule has 1 aromatic carbocycles. The molecule has 9 heteroatoms. The summed E-state index contributed by atoms with van der Waals surface area (Å²) in [6.07, 6.45) is 1.30. The number of aryl methyl sites for hydroxylation is 1. The molecule has 134 valence electrons. The molecular formula is C16H17Cl2N3O4. The van der Waals surface area contributed by atoms with Crippen molar-refractivity contribution in [2.24, 2.45) is 11.7 Å². The highest BCUT2D eigenvalue weighted by Gasteiger charge is 2.43. The Labute approximate surface area is 154 Å². The van der Waals surface area contributed by atoms with Crippen LogP contribution >= 0.6 is 23.2 Å². The molecular weight excluding hydrogens is 369 g/mol. The van der Waals surface area contributed by atoms with Crippen molar-refractivity contribution in [3.8, 4) is 0 Å². The van der Waals surface area contributed by atoms with Gasteiger partial charge in [0.1, 0.15) is 5.92 Å². The van der Waals surface area contributed by atoms with E-state index < -0.39 is 29.4 Å². The maximum Gasteiger partial charge on any atom is 0.291 e. The van der Waals surface area contributed by atoms with Crippen LogP contribution in [-0.4, -0.2) is 48.0 Å². The molecule has 1 atom stereocenters. The predicted molar refractivity (Wildman–Crippen MR) is 92.1 cm³/mol. The molecule has 3 N–H and O–H groups in total. The highest BCUT2D eigenvalue weighted by molar-refractivity contribution is 6.43. The lowest BCUT2D eigenvalue weighted by Crippen LogP contribution is -2.37. The van der Waals surface area contributed by atoms with Crippen LogP contribution in [-0.2, 0) is 25.6 Å². The Bertz CT molecular complexity index is 723. The van der Waals surface area contributed by atoms with E-state index in [0.29, 0.717) is 29.4 Å². The standard InChI is InChI=1S/C16H17Cl2N3O4/c17-11-4-3-9(6-12(11)18)2-1-5-20-15(24)10-7-21(8-13(19)22)16(25)14(10)23/h3-4,6,10H,1-2,5,7-8H2,(H2,19,22)(H,20,24). The SMILES string of the molecule is NC(=O)CN1CC(C(=O)NCCCc2ccc(Cl)c(Cl)c2)C(=O)C1=O. The number of amides is 3. The molecule has 1 unspecified atom stereocenters. The number of carbonyl (C=O) groups is 4. The normalized spacial score (nSPS) is 17.0. The number of primary amides is 1. The second-order valence-electron chi connectivity index (χ2n) is 5.71. The molecule has 3 amide bonds. The lowest BCUT2D eigenvalue weighted by Gasteiger charge is -2.13. The second-order valence-corrected chi connectivity index (χ2v) is 6.53. The summed E-state index contributed by atoms with van der Waals surface area (Å²) in [5.74, 6) is -4.03. The van der Waals surface area contributed by atoms with Crippen LogP contribution in [0.15, 0.2) is 18.2 Å². The Morgan fingerprint density at radius 2 is 1.96 bits per heavy atom. The molecule has 1 aliphatic heterocycles. The fraction of sp³-hybridized carbons (Fsp3) is 0.375. The van der Waals surface area contributed by atoms with Crippen molar-refractivity contribution in [3.05, 3.63) is 33.8 Å². The first-order chi connectivity index (χ1) is 11.8. The number of likely N-dealkylation sites (tertiary alicyclic amines) is 1. The van der Waals surface area contributed by atoms with Gasteiger partial charge in [0.2, 0.25) is 17.6 Å². The number of benzene rings is 1. The van der Waals surface area contributed by atoms with Crippen molar-refractivity contribution in [2.45, 2.75) is 12.8 Å². The van der Waals surface area contributed by atoms with Crippen LogP contribution in [0.4, 0.5) is 0 Å². The minimum absolute atomic E-state index is 0.126. The van der Waals surface area contributed by atoms with Crippen molar-refractivity contribution in [2.75, 3.05) is 19.6 Å². The molecule has 0 spiro atoms. The van der Waals surface area contributed by atoms with Crippen molar-refractivity contribution in [1.82, 2.24) is 10.2 Å². The molecule has 0 aliphatic carbocycles. The fourth-order valence-corrected chi connectivity index (χ4v) is 2.86. The Balaban J connectivity index is 1.80. The molecule has 0 saturated carbocycles. The van der Waals surface area contributed by atoms with Gasteiger partial charge >= 0.3 is 0 Å². The van der Waals surface area contributed by atoms with E-state index in [-0.39, 0.29) is 13.1 Å². The molecule has 25 heavy (non-hydrogen) atoms. The van der Waals surface area contributed by atoms with Crippen LogP contribution in [0.1, 0.15) is 12.0 Å². The third kappa shape index (κ3) is 4.93. The summed E-state index contributed by atoms with van der Waals surface area (Å²) < 4.78 is 0. The Hall–Kier alpha value is -2.12. The Kier molecular flexibility index (Phi) is 6.39. The molecule has 7 nitrogen and oxygen atoms in total. The van der Waals surface area contributed by atoms with Gasteiger partial charge in [0.15, 0.2) is 0 Å². The zero-order valence-corrected chi connectivity index (χ0v) is 14.8. The number of hydrogen-bond donors (Lipinski definition) is 2. The first kappa shape index (κ1) is 19.2. The third-order valence-corrected chi connectivity index (χ3v) is 4.55. The van der Waals surface area contributed by atoms with Crippen LogP contribution in [0.25, 0.3) is 0 Å². The van der Waals surface area contributed by atoms with E-state index in [0.717, 1.165) is 10.5 Å². The summed E-state index contributed by atoms with van der Waals surface area (Å²) in [6.45, 7) is -0.155. The quantitative estimate of drug-likeness (QED) is 0.405. The highest BCUT2D eigenvalue weighted by atomic mass is 35.5. The lowest BCUT2D eigenvalue weighted by atomic mass is 10.1. The van der Waals surface area contributed by atoms with E-state index >= 15 is 0 Å². The Morgan fingerprint density at radius 3 is 2.60 bits per heavy atom. The van der Waals surface area contributed by atoms with Gasteiger partial charge in [0.25, 0.3) is 5.91 Å². The number of carbonyl (C=O) groups excluding carboxylic acids is 4. The van der Waals surface area contributed by atoms with E-state index in [1.165, 1.54) is 0 Å². The number of ketones is 1. The number of rotatable bonds is 7. The molecule has 0 radical (unpaired) electrons. The molecule has 1 fully saturated rings. The smallest absolute Gasteiger partial charge is 0.291 e. The predicted octanol–water partition coefficient (Wildman–Crippen LogP) is 0.555. The number of hydrogen-bond acceptors (Lipinski definition) is 4. The van der Waals surface area contributed by atoms with Crippen LogP contribution < -0.4 is 11.1 Å². The average Bonchev–Trinajstić information content (AvgIpc) is 2.82. The zero-order valence-electron chi connectivity index (χ0n) is 13.3. The minimum atomic E-state index is -1.10. The second kappa shape index (κ2) is 8.31.